The first kappa shape index (κ1) is 15.1. The van der Waals surface area contributed by atoms with Gasteiger partial charge in [-0.3, -0.25) is 4.79 Å². The minimum Gasteiger partial charge on any atom is -0.484 e. The van der Waals surface area contributed by atoms with Gasteiger partial charge in [0.2, 0.25) is 0 Å². The van der Waals surface area contributed by atoms with Gasteiger partial charge in [0, 0.05) is 25.5 Å². The third kappa shape index (κ3) is 4.36. The van der Waals surface area contributed by atoms with Gasteiger partial charge in [0.05, 0.1) is 0 Å². The van der Waals surface area contributed by atoms with E-state index in [1.807, 2.05) is 61.1 Å². The second-order valence-electron chi connectivity index (χ2n) is 4.97. The maximum atomic E-state index is 11.7. The van der Waals surface area contributed by atoms with Gasteiger partial charge in [-0.1, -0.05) is 17.7 Å². The van der Waals surface area contributed by atoms with Crippen molar-refractivity contribution in [2.24, 2.45) is 7.05 Å². The van der Waals surface area contributed by atoms with E-state index in [-0.39, 0.29) is 19.1 Å². The lowest BCUT2D eigenvalue weighted by Crippen LogP contribution is -2.32. The van der Waals surface area contributed by atoms with Gasteiger partial charge in [-0.05, 0) is 31.2 Å². The molecule has 0 aliphatic rings. The molecule has 112 valence electrons. The number of aromatic nitrogens is 1. The Balaban J connectivity index is 1.75. The fraction of sp³-hybridized carbons (Fsp3) is 0.312. The summed E-state index contributed by atoms with van der Waals surface area (Å²) in [6.45, 7) is 2.08. The minimum absolute atomic E-state index is 0.0665. The average molecular weight is 288 g/mol. The van der Waals surface area contributed by atoms with E-state index in [1.54, 1.807) is 0 Å². The van der Waals surface area contributed by atoms with E-state index in [9.17, 15) is 9.90 Å². The van der Waals surface area contributed by atoms with Crippen molar-refractivity contribution in [1.29, 1.82) is 0 Å². The van der Waals surface area contributed by atoms with Crippen LogP contribution in [0, 0.1) is 6.92 Å². The number of ether oxygens (including phenoxy) is 1. The number of aryl methyl sites for hydroxylation is 2. The largest absolute Gasteiger partial charge is 0.484 e. The van der Waals surface area contributed by atoms with Crippen molar-refractivity contribution in [2.45, 2.75) is 13.0 Å². The predicted molar refractivity (Wildman–Crippen MR) is 80.1 cm³/mol. The van der Waals surface area contributed by atoms with E-state index in [2.05, 4.69) is 5.32 Å². The number of aliphatic hydroxyl groups excluding tert-OH is 1. The summed E-state index contributed by atoms with van der Waals surface area (Å²) in [7, 11) is 1.85. The summed E-state index contributed by atoms with van der Waals surface area (Å²) in [6.07, 6.45) is 1.12. The Hall–Kier alpha value is -2.27. The van der Waals surface area contributed by atoms with Crippen LogP contribution in [0.15, 0.2) is 42.6 Å². The number of carbonyl (C=O) groups excluding carboxylic acids is 1. The molecule has 1 aromatic heterocycles. The second kappa shape index (κ2) is 6.95. The molecule has 1 amide bonds. The molecule has 2 aromatic rings. The molecule has 0 aliphatic carbocycles. The molecule has 0 fully saturated rings. The van der Waals surface area contributed by atoms with Crippen LogP contribution >= 0.6 is 0 Å². The van der Waals surface area contributed by atoms with Crippen LogP contribution in [0.1, 0.15) is 17.4 Å². The zero-order chi connectivity index (χ0) is 15.2. The van der Waals surface area contributed by atoms with Crippen molar-refractivity contribution >= 4 is 5.91 Å². The number of hydrogen-bond acceptors (Lipinski definition) is 3. The van der Waals surface area contributed by atoms with E-state index in [1.165, 1.54) is 0 Å². The summed E-state index contributed by atoms with van der Waals surface area (Å²) in [5.74, 6) is 0.391. The highest BCUT2D eigenvalue weighted by molar-refractivity contribution is 5.77. The molecule has 5 heteroatoms. The fourth-order valence-corrected chi connectivity index (χ4v) is 1.97. The lowest BCUT2D eigenvalue weighted by molar-refractivity contribution is -0.123. The Kier molecular flexibility index (Phi) is 5.00. The van der Waals surface area contributed by atoms with Crippen molar-refractivity contribution < 1.29 is 14.6 Å². The van der Waals surface area contributed by atoms with Gasteiger partial charge in [-0.15, -0.1) is 0 Å². The Morgan fingerprint density at radius 1 is 1.33 bits per heavy atom. The molecule has 0 bridgehead atoms. The van der Waals surface area contributed by atoms with Gasteiger partial charge in [0.15, 0.2) is 6.61 Å². The molecule has 5 nitrogen and oxygen atoms in total. The number of amides is 1. The molecule has 1 heterocycles. The van der Waals surface area contributed by atoms with Gasteiger partial charge in [-0.25, -0.2) is 0 Å². The summed E-state index contributed by atoms with van der Waals surface area (Å²) in [5, 5.41) is 12.6. The van der Waals surface area contributed by atoms with Gasteiger partial charge < -0.3 is 19.7 Å². The molecule has 0 saturated heterocycles. The topological polar surface area (TPSA) is 63.5 Å². The number of nitrogens with zero attached hydrogens (tertiary/aromatic N) is 1. The maximum absolute atomic E-state index is 11.7. The normalized spacial score (nSPS) is 12.0. The summed E-state index contributed by atoms with van der Waals surface area (Å²) >= 11 is 0. The molecule has 0 saturated carbocycles. The first-order valence-electron chi connectivity index (χ1n) is 6.81. The number of aliphatic hydroxyl groups is 1. The van der Waals surface area contributed by atoms with E-state index in [0.29, 0.717) is 5.75 Å². The monoisotopic (exact) mass is 288 g/mol. The Morgan fingerprint density at radius 3 is 2.67 bits per heavy atom. The summed E-state index contributed by atoms with van der Waals surface area (Å²) in [5.41, 5.74) is 1.90. The zero-order valence-electron chi connectivity index (χ0n) is 12.2. The second-order valence-corrected chi connectivity index (χ2v) is 4.97. The highest BCUT2D eigenvalue weighted by Crippen LogP contribution is 2.12. The van der Waals surface area contributed by atoms with Crippen LogP contribution in [0.25, 0.3) is 0 Å². The lowest BCUT2D eigenvalue weighted by atomic mass is 10.2. The minimum atomic E-state index is -0.728. The average Bonchev–Trinajstić information content (AvgIpc) is 2.90. The van der Waals surface area contributed by atoms with Crippen molar-refractivity contribution in [2.75, 3.05) is 13.2 Å². The van der Waals surface area contributed by atoms with Crippen LogP contribution in [0.2, 0.25) is 0 Å². The zero-order valence-corrected chi connectivity index (χ0v) is 12.2. The van der Waals surface area contributed by atoms with Crippen molar-refractivity contribution in [3.8, 4) is 5.75 Å². The number of hydrogen-bond donors (Lipinski definition) is 2. The molecule has 2 rings (SSSR count). The van der Waals surface area contributed by atoms with Crippen molar-refractivity contribution in [3.63, 3.8) is 0 Å². The number of nitrogens with one attached hydrogen (secondary N) is 1. The van der Waals surface area contributed by atoms with E-state index in [4.69, 9.17) is 4.74 Å². The summed E-state index contributed by atoms with van der Waals surface area (Å²) < 4.78 is 7.19. The van der Waals surface area contributed by atoms with E-state index < -0.39 is 6.10 Å². The molecule has 21 heavy (non-hydrogen) atoms. The molecular weight excluding hydrogens is 268 g/mol. The number of carbonyl (C=O) groups is 1. The standard InChI is InChI=1S/C16H20N2O3/c1-12-5-7-13(8-6-12)21-11-16(20)17-10-15(19)14-4-3-9-18(14)2/h3-9,15,19H,10-11H2,1-2H3,(H,17,20). The number of rotatable bonds is 6. The molecule has 1 atom stereocenters. The highest BCUT2D eigenvalue weighted by atomic mass is 16.5. The SMILES string of the molecule is Cc1ccc(OCC(=O)NCC(O)c2cccn2C)cc1. The molecule has 1 unspecified atom stereocenters. The molecule has 0 radical (unpaired) electrons. The van der Waals surface area contributed by atoms with E-state index in [0.717, 1.165) is 11.3 Å². The number of benzene rings is 1. The van der Waals surface area contributed by atoms with Gasteiger partial charge in [-0.2, -0.15) is 0 Å². The molecular formula is C16H20N2O3. The molecule has 2 N–H and O–H groups in total. The molecule has 0 aliphatic heterocycles. The Morgan fingerprint density at radius 2 is 2.05 bits per heavy atom. The van der Waals surface area contributed by atoms with Crippen molar-refractivity contribution in [1.82, 2.24) is 9.88 Å². The molecule has 1 aromatic carbocycles. The van der Waals surface area contributed by atoms with Gasteiger partial charge in [0.25, 0.3) is 5.91 Å². The third-order valence-corrected chi connectivity index (χ3v) is 3.21. The van der Waals surface area contributed by atoms with Gasteiger partial charge >= 0.3 is 0 Å². The van der Waals surface area contributed by atoms with Crippen molar-refractivity contribution in [3.05, 3.63) is 53.9 Å². The van der Waals surface area contributed by atoms with Gasteiger partial charge in [0.1, 0.15) is 11.9 Å². The smallest absolute Gasteiger partial charge is 0.258 e. The van der Waals surface area contributed by atoms with Crippen LogP contribution in [0.4, 0.5) is 0 Å². The first-order valence-corrected chi connectivity index (χ1v) is 6.81. The molecule has 0 spiro atoms. The highest BCUT2D eigenvalue weighted by Gasteiger charge is 2.12. The lowest BCUT2D eigenvalue weighted by Gasteiger charge is -2.13. The van der Waals surface area contributed by atoms with Crippen LogP contribution in [-0.2, 0) is 11.8 Å². The Bertz CT molecular complexity index is 590. The van der Waals surface area contributed by atoms with Crippen LogP contribution in [0.5, 0.6) is 5.75 Å². The maximum Gasteiger partial charge on any atom is 0.258 e. The van der Waals surface area contributed by atoms with Crippen LogP contribution < -0.4 is 10.1 Å². The predicted octanol–water partition coefficient (Wildman–Crippen LogP) is 1.56. The quantitative estimate of drug-likeness (QED) is 0.848. The Labute approximate surface area is 124 Å². The third-order valence-electron chi connectivity index (χ3n) is 3.21. The van der Waals surface area contributed by atoms with E-state index >= 15 is 0 Å². The summed E-state index contributed by atoms with van der Waals surface area (Å²) in [6, 6.07) is 11.2. The fourth-order valence-electron chi connectivity index (χ4n) is 1.97. The summed E-state index contributed by atoms with van der Waals surface area (Å²) in [4.78, 5) is 11.7. The van der Waals surface area contributed by atoms with Crippen LogP contribution in [0.3, 0.4) is 0 Å². The van der Waals surface area contributed by atoms with Crippen LogP contribution in [-0.4, -0.2) is 28.7 Å². The first-order chi connectivity index (χ1) is 10.1.